The molecule has 2 aromatic rings. The minimum absolute atomic E-state index is 0.130. The van der Waals surface area contributed by atoms with Crippen LogP contribution in [-0.2, 0) is 26.6 Å². The predicted molar refractivity (Wildman–Crippen MR) is 124 cm³/mol. The number of aromatic nitrogens is 4. The molecule has 2 atom stereocenters. The first-order chi connectivity index (χ1) is 18.9. The van der Waals surface area contributed by atoms with E-state index in [0.29, 0.717) is 38.9 Å². The zero-order valence-corrected chi connectivity index (χ0v) is 21.2. The zero-order valence-electron chi connectivity index (χ0n) is 21.2. The highest BCUT2D eigenvalue weighted by molar-refractivity contribution is 5.83. The summed E-state index contributed by atoms with van der Waals surface area (Å²) < 4.78 is 94.3. The van der Waals surface area contributed by atoms with Crippen LogP contribution in [0.3, 0.4) is 0 Å². The fourth-order valence-electron chi connectivity index (χ4n) is 4.65. The molecule has 1 amide bonds. The molecular formula is C23H26F6N6O5. The van der Waals surface area contributed by atoms with Gasteiger partial charge in [-0.3, -0.25) is 9.59 Å². The molecule has 40 heavy (non-hydrogen) atoms. The van der Waals surface area contributed by atoms with Crippen LogP contribution in [0, 0.1) is 0 Å². The average molecular weight is 580 g/mol. The molecule has 4 heterocycles. The number of alkyl halides is 6. The van der Waals surface area contributed by atoms with Crippen LogP contribution in [0.15, 0.2) is 23.4 Å². The first-order valence-corrected chi connectivity index (χ1v) is 12.2. The molecule has 0 saturated carbocycles. The second-order valence-electron chi connectivity index (χ2n) is 9.26. The van der Waals surface area contributed by atoms with Crippen LogP contribution >= 0.6 is 0 Å². The van der Waals surface area contributed by atoms with Gasteiger partial charge in [0.2, 0.25) is 5.95 Å². The van der Waals surface area contributed by atoms with Crippen LogP contribution in [0.1, 0.15) is 30.4 Å². The van der Waals surface area contributed by atoms with E-state index in [-0.39, 0.29) is 31.1 Å². The zero-order chi connectivity index (χ0) is 29.1. The third-order valence-corrected chi connectivity index (χ3v) is 6.58. The van der Waals surface area contributed by atoms with E-state index in [4.69, 9.17) is 14.2 Å². The van der Waals surface area contributed by atoms with Gasteiger partial charge in [0.1, 0.15) is 12.2 Å². The number of methoxy groups -OCH3 is 1. The Labute approximate surface area is 223 Å². The van der Waals surface area contributed by atoms with Gasteiger partial charge in [-0.15, -0.1) is 0 Å². The summed E-state index contributed by atoms with van der Waals surface area (Å²) in [6.07, 6.45) is -7.81. The van der Waals surface area contributed by atoms with E-state index in [1.54, 1.807) is 14.9 Å². The van der Waals surface area contributed by atoms with Gasteiger partial charge < -0.3 is 24.0 Å². The number of nitrogens with zero attached hydrogens (tertiary/aromatic N) is 5. The lowest BCUT2D eigenvalue weighted by Gasteiger charge is -2.36. The lowest BCUT2D eigenvalue weighted by atomic mass is 10.0. The summed E-state index contributed by atoms with van der Waals surface area (Å²) in [5.41, 5.74) is -3.94. The molecule has 2 aliphatic heterocycles. The summed E-state index contributed by atoms with van der Waals surface area (Å²) in [6.45, 7) is 0.795. The summed E-state index contributed by atoms with van der Waals surface area (Å²) in [6, 6.07) is -0.130. The number of H-pyrrole nitrogens is 1. The third-order valence-electron chi connectivity index (χ3n) is 6.58. The standard InChI is InChI=1S/C23H26F6N6O5/c1-38-11-15(40-17-10-32-33-19(36)18(17)23(27,28)29)12-39-16-4-7-35(20(16)37)14-2-5-34(6-3-14)21-30-8-13(9-31-21)22(24,25)26/h8-10,14-16H,2-7,11-12H2,1H3,(H,33,36)/t15?,16-/m0/s1. The first-order valence-electron chi connectivity index (χ1n) is 12.2. The van der Waals surface area contributed by atoms with Gasteiger partial charge in [0.05, 0.1) is 25.0 Å². The summed E-state index contributed by atoms with van der Waals surface area (Å²) in [5.74, 6) is -0.895. The number of ether oxygens (including phenoxy) is 3. The molecule has 2 saturated heterocycles. The van der Waals surface area contributed by atoms with Gasteiger partial charge in [-0.25, -0.2) is 15.1 Å². The van der Waals surface area contributed by atoms with Crippen LogP contribution in [0.2, 0.25) is 0 Å². The molecule has 4 rings (SSSR count). The fraction of sp³-hybridized carbons (Fsp3) is 0.609. The van der Waals surface area contributed by atoms with Crippen molar-refractivity contribution in [3.8, 4) is 5.75 Å². The minimum Gasteiger partial charge on any atom is -0.483 e. The van der Waals surface area contributed by atoms with Gasteiger partial charge >= 0.3 is 12.4 Å². The maximum absolute atomic E-state index is 13.3. The van der Waals surface area contributed by atoms with Crippen LogP contribution in [-0.4, -0.2) is 89.2 Å². The number of rotatable bonds is 9. The number of amides is 1. The minimum atomic E-state index is -4.99. The third kappa shape index (κ3) is 6.80. The number of nitrogens with one attached hydrogen (secondary N) is 1. The molecule has 0 radical (unpaired) electrons. The Kier molecular flexibility index (Phi) is 8.82. The molecule has 0 spiro atoms. The van der Waals surface area contributed by atoms with Crippen molar-refractivity contribution >= 4 is 11.9 Å². The molecule has 17 heteroatoms. The van der Waals surface area contributed by atoms with E-state index in [9.17, 15) is 35.9 Å². The monoisotopic (exact) mass is 580 g/mol. The average Bonchev–Trinajstić information content (AvgIpc) is 3.26. The summed E-state index contributed by atoms with van der Waals surface area (Å²) in [5, 5.41) is 5.08. The van der Waals surface area contributed by atoms with Crippen molar-refractivity contribution in [1.29, 1.82) is 0 Å². The van der Waals surface area contributed by atoms with Crippen molar-refractivity contribution in [3.63, 3.8) is 0 Å². The van der Waals surface area contributed by atoms with Crippen LogP contribution < -0.4 is 15.2 Å². The summed E-state index contributed by atoms with van der Waals surface area (Å²) in [7, 11) is 1.31. The maximum atomic E-state index is 13.3. The van der Waals surface area contributed by atoms with Crippen LogP contribution in [0.5, 0.6) is 5.75 Å². The van der Waals surface area contributed by atoms with Crippen LogP contribution in [0.25, 0.3) is 0 Å². The number of piperidine rings is 1. The lowest BCUT2D eigenvalue weighted by Crippen LogP contribution is -2.47. The molecular weight excluding hydrogens is 554 g/mol. The van der Waals surface area contributed by atoms with Crippen LogP contribution in [0.4, 0.5) is 32.3 Å². The quantitative estimate of drug-likeness (QED) is 0.445. The van der Waals surface area contributed by atoms with Gasteiger partial charge in [-0.05, 0) is 12.8 Å². The van der Waals surface area contributed by atoms with Crippen molar-refractivity contribution in [1.82, 2.24) is 25.1 Å². The van der Waals surface area contributed by atoms with Gasteiger partial charge in [0.25, 0.3) is 11.5 Å². The van der Waals surface area contributed by atoms with E-state index in [0.717, 1.165) is 18.6 Å². The summed E-state index contributed by atoms with van der Waals surface area (Å²) >= 11 is 0. The van der Waals surface area contributed by atoms with Crippen molar-refractivity contribution in [2.45, 2.75) is 49.9 Å². The van der Waals surface area contributed by atoms with E-state index in [2.05, 4.69) is 15.1 Å². The van der Waals surface area contributed by atoms with E-state index in [1.165, 1.54) is 7.11 Å². The maximum Gasteiger partial charge on any atom is 0.425 e. The molecule has 2 aromatic heterocycles. The topological polar surface area (TPSA) is 123 Å². The van der Waals surface area contributed by atoms with Gasteiger partial charge in [-0.2, -0.15) is 31.4 Å². The van der Waals surface area contributed by atoms with E-state index in [1.807, 2.05) is 0 Å². The highest BCUT2D eigenvalue weighted by atomic mass is 19.4. The van der Waals surface area contributed by atoms with Gasteiger partial charge in [-0.1, -0.05) is 0 Å². The molecule has 1 unspecified atom stereocenters. The molecule has 1 N–H and O–H groups in total. The number of aromatic amines is 1. The van der Waals surface area contributed by atoms with Gasteiger partial charge in [0.15, 0.2) is 11.3 Å². The van der Waals surface area contributed by atoms with Gasteiger partial charge in [0, 0.05) is 51.6 Å². The smallest absolute Gasteiger partial charge is 0.425 e. The Morgan fingerprint density at radius 3 is 2.25 bits per heavy atom. The number of halogens is 6. The van der Waals surface area contributed by atoms with Crippen molar-refractivity contribution in [2.24, 2.45) is 0 Å². The second kappa shape index (κ2) is 12.0. The number of hydrogen-bond acceptors (Lipinski definition) is 9. The highest BCUT2D eigenvalue weighted by Gasteiger charge is 2.40. The fourth-order valence-corrected chi connectivity index (χ4v) is 4.65. The lowest BCUT2D eigenvalue weighted by molar-refractivity contribution is -0.143. The second-order valence-corrected chi connectivity index (χ2v) is 9.26. The molecule has 0 aliphatic carbocycles. The molecule has 11 nitrogen and oxygen atoms in total. The van der Waals surface area contributed by atoms with Crippen molar-refractivity contribution in [2.75, 3.05) is 44.9 Å². The molecule has 0 aromatic carbocycles. The van der Waals surface area contributed by atoms with E-state index < -0.39 is 47.0 Å². The predicted octanol–water partition coefficient (Wildman–Crippen LogP) is 2.28. The normalized spacial score (nSPS) is 19.8. The molecule has 220 valence electrons. The number of anilines is 1. The van der Waals surface area contributed by atoms with E-state index >= 15 is 0 Å². The Morgan fingerprint density at radius 2 is 1.65 bits per heavy atom. The number of hydrogen-bond donors (Lipinski definition) is 1. The Morgan fingerprint density at radius 1 is 0.975 bits per heavy atom. The highest BCUT2D eigenvalue weighted by Crippen LogP contribution is 2.33. The SMILES string of the molecule is COCC(CO[C@H]1CCN(C2CCN(c3ncc(C(F)(F)F)cn3)CC2)C1=O)Oc1cn[nH]c(=O)c1C(F)(F)F. The molecule has 2 aliphatic rings. The summed E-state index contributed by atoms with van der Waals surface area (Å²) in [4.78, 5) is 35.8. The Hall–Kier alpha value is -3.47. The first kappa shape index (κ1) is 29.5. The number of carbonyl (C=O) groups is 1. The number of likely N-dealkylation sites (tertiary alicyclic amines) is 1. The molecule has 0 bridgehead atoms. The molecule has 2 fully saturated rings. The Bertz CT molecular complexity index is 1220. The Balaban J connectivity index is 1.31. The van der Waals surface area contributed by atoms with Crippen molar-refractivity contribution in [3.05, 3.63) is 40.1 Å². The largest absolute Gasteiger partial charge is 0.483 e. The number of carbonyl (C=O) groups excluding carboxylic acids is 1. The van der Waals surface area contributed by atoms with Crippen molar-refractivity contribution < 1.29 is 45.3 Å².